The number of rotatable bonds is 6. The normalized spacial score (nSPS) is 10.5. The van der Waals surface area contributed by atoms with E-state index in [1.165, 1.54) is 10.9 Å². The summed E-state index contributed by atoms with van der Waals surface area (Å²) < 4.78 is 6.89. The predicted octanol–water partition coefficient (Wildman–Crippen LogP) is 0.712. The molecule has 1 aromatic carbocycles. The summed E-state index contributed by atoms with van der Waals surface area (Å²) in [7, 11) is 0. The standard InChI is InChI=1S/C13H11N7O4/c14-13(21)12-11(16-18-17-12)9-3-1-2-4-10(9)24-7-19-6-8(5-15-19)20(22)23/h1-6H,7H2,(H2,14,21)(H,16,17,18). The van der Waals surface area contributed by atoms with Gasteiger partial charge in [0.2, 0.25) is 0 Å². The maximum atomic E-state index is 11.4. The maximum Gasteiger partial charge on any atom is 0.307 e. The number of primary amides is 1. The van der Waals surface area contributed by atoms with Gasteiger partial charge in [-0.25, -0.2) is 4.68 Å². The monoisotopic (exact) mass is 329 g/mol. The van der Waals surface area contributed by atoms with Crippen LogP contribution < -0.4 is 10.5 Å². The van der Waals surface area contributed by atoms with Crippen molar-refractivity contribution in [2.24, 2.45) is 5.73 Å². The Morgan fingerprint density at radius 2 is 2.17 bits per heavy atom. The van der Waals surface area contributed by atoms with E-state index in [0.717, 1.165) is 6.20 Å². The number of hydrogen-bond donors (Lipinski definition) is 2. The van der Waals surface area contributed by atoms with E-state index >= 15 is 0 Å². The number of nitro groups is 1. The van der Waals surface area contributed by atoms with Crippen molar-refractivity contribution in [3.8, 4) is 17.0 Å². The van der Waals surface area contributed by atoms with E-state index in [0.29, 0.717) is 11.3 Å². The minimum atomic E-state index is -0.726. The van der Waals surface area contributed by atoms with Crippen LogP contribution in [-0.4, -0.2) is 36.0 Å². The van der Waals surface area contributed by atoms with Gasteiger partial charge in [0.1, 0.15) is 23.8 Å². The fraction of sp³-hybridized carbons (Fsp3) is 0.0769. The Bertz CT molecular complexity index is 901. The third-order valence-corrected chi connectivity index (χ3v) is 3.11. The highest BCUT2D eigenvalue weighted by Gasteiger charge is 2.18. The number of hydrogen-bond acceptors (Lipinski definition) is 7. The zero-order valence-electron chi connectivity index (χ0n) is 12.1. The first-order valence-corrected chi connectivity index (χ1v) is 6.66. The molecule has 3 aromatic rings. The molecule has 0 aliphatic carbocycles. The van der Waals surface area contributed by atoms with Gasteiger partial charge in [0.15, 0.2) is 12.4 Å². The summed E-state index contributed by atoms with van der Waals surface area (Å²) in [4.78, 5) is 21.5. The maximum absolute atomic E-state index is 11.4. The van der Waals surface area contributed by atoms with Crippen molar-refractivity contribution in [1.29, 1.82) is 0 Å². The van der Waals surface area contributed by atoms with Crippen LogP contribution in [0.25, 0.3) is 11.3 Å². The Hall–Kier alpha value is -3.76. The highest BCUT2D eigenvalue weighted by molar-refractivity contribution is 5.97. The molecule has 122 valence electrons. The Labute approximate surface area is 134 Å². The number of nitrogens with zero attached hydrogens (tertiary/aromatic N) is 5. The average molecular weight is 329 g/mol. The topological polar surface area (TPSA) is 155 Å². The van der Waals surface area contributed by atoms with Gasteiger partial charge in [0.25, 0.3) is 5.91 Å². The molecule has 0 spiro atoms. The van der Waals surface area contributed by atoms with Crippen molar-refractivity contribution in [2.75, 3.05) is 0 Å². The molecular formula is C13H11N7O4. The highest BCUT2D eigenvalue weighted by Crippen LogP contribution is 2.30. The number of carbonyl (C=O) groups is 1. The van der Waals surface area contributed by atoms with E-state index in [2.05, 4.69) is 20.5 Å². The molecule has 0 bridgehead atoms. The molecule has 0 aliphatic heterocycles. The van der Waals surface area contributed by atoms with Crippen molar-refractivity contribution in [2.45, 2.75) is 6.73 Å². The summed E-state index contributed by atoms with van der Waals surface area (Å²) in [5.41, 5.74) is 5.87. The largest absolute Gasteiger partial charge is 0.471 e. The van der Waals surface area contributed by atoms with E-state index < -0.39 is 10.8 Å². The van der Waals surface area contributed by atoms with Crippen molar-refractivity contribution >= 4 is 11.6 Å². The molecule has 0 saturated carbocycles. The summed E-state index contributed by atoms with van der Waals surface area (Å²) in [6, 6.07) is 6.81. The zero-order valence-corrected chi connectivity index (χ0v) is 12.1. The first-order valence-electron chi connectivity index (χ1n) is 6.66. The molecular weight excluding hydrogens is 318 g/mol. The van der Waals surface area contributed by atoms with Crippen LogP contribution in [0.2, 0.25) is 0 Å². The van der Waals surface area contributed by atoms with Crippen LogP contribution in [-0.2, 0) is 6.73 Å². The van der Waals surface area contributed by atoms with Crippen molar-refractivity contribution in [3.63, 3.8) is 0 Å². The molecule has 11 heteroatoms. The van der Waals surface area contributed by atoms with Crippen molar-refractivity contribution in [3.05, 3.63) is 52.5 Å². The van der Waals surface area contributed by atoms with Gasteiger partial charge in [-0.05, 0) is 12.1 Å². The number of benzene rings is 1. The molecule has 3 N–H and O–H groups in total. The van der Waals surface area contributed by atoms with Crippen LogP contribution in [0, 0.1) is 10.1 Å². The van der Waals surface area contributed by atoms with Crippen molar-refractivity contribution < 1.29 is 14.5 Å². The Morgan fingerprint density at radius 3 is 2.88 bits per heavy atom. The number of carbonyl (C=O) groups excluding carboxylic acids is 1. The van der Waals surface area contributed by atoms with Gasteiger partial charge in [-0.3, -0.25) is 14.9 Å². The quantitative estimate of drug-likeness (QED) is 0.498. The molecule has 0 unspecified atom stereocenters. The van der Waals surface area contributed by atoms with Gasteiger partial charge >= 0.3 is 5.69 Å². The van der Waals surface area contributed by atoms with E-state index in [4.69, 9.17) is 10.5 Å². The van der Waals surface area contributed by atoms with E-state index in [9.17, 15) is 14.9 Å². The summed E-state index contributed by atoms with van der Waals surface area (Å²) in [6.07, 6.45) is 2.37. The van der Waals surface area contributed by atoms with Gasteiger partial charge in [0, 0.05) is 5.56 Å². The lowest BCUT2D eigenvalue weighted by molar-refractivity contribution is -0.385. The van der Waals surface area contributed by atoms with Gasteiger partial charge in [-0.2, -0.15) is 20.5 Å². The van der Waals surface area contributed by atoms with Crippen LogP contribution in [0.1, 0.15) is 10.5 Å². The Morgan fingerprint density at radius 1 is 1.38 bits per heavy atom. The van der Waals surface area contributed by atoms with Gasteiger partial charge in [0.05, 0.1) is 4.92 Å². The van der Waals surface area contributed by atoms with E-state index in [1.807, 2.05) is 0 Å². The molecule has 2 aromatic heterocycles. The lowest BCUT2D eigenvalue weighted by Crippen LogP contribution is -2.13. The second-order valence-electron chi connectivity index (χ2n) is 4.65. The second-order valence-corrected chi connectivity index (χ2v) is 4.65. The SMILES string of the molecule is NC(=O)c1n[nH]nc1-c1ccccc1OCn1cc([N+](=O)[O-])cn1. The molecule has 0 fully saturated rings. The first-order chi connectivity index (χ1) is 11.6. The molecule has 0 atom stereocenters. The van der Waals surface area contributed by atoms with Gasteiger partial charge in [-0.1, -0.05) is 12.1 Å². The number of amides is 1. The number of H-pyrrole nitrogens is 1. The molecule has 2 heterocycles. The third kappa shape index (κ3) is 2.90. The smallest absolute Gasteiger partial charge is 0.307 e. The highest BCUT2D eigenvalue weighted by atomic mass is 16.6. The van der Waals surface area contributed by atoms with Crippen molar-refractivity contribution in [1.82, 2.24) is 25.2 Å². The number of aromatic nitrogens is 5. The number of nitrogens with one attached hydrogen (secondary N) is 1. The van der Waals surface area contributed by atoms with Gasteiger partial charge < -0.3 is 10.5 Å². The predicted molar refractivity (Wildman–Crippen MR) is 79.8 cm³/mol. The third-order valence-electron chi connectivity index (χ3n) is 3.11. The molecule has 0 saturated heterocycles. The molecule has 3 rings (SSSR count). The first kappa shape index (κ1) is 15.1. The number of para-hydroxylation sites is 1. The molecule has 24 heavy (non-hydrogen) atoms. The molecule has 11 nitrogen and oxygen atoms in total. The van der Waals surface area contributed by atoms with Crippen LogP contribution in [0.4, 0.5) is 5.69 Å². The molecule has 0 aliphatic rings. The lowest BCUT2D eigenvalue weighted by Gasteiger charge is -2.10. The number of nitrogens with two attached hydrogens (primary N) is 1. The minimum absolute atomic E-state index is 0.0132. The summed E-state index contributed by atoms with van der Waals surface area (Å²) >= 11 is 0. The van der Waals surface area contributed by atoms with Crippen LogP contribution in [0.3, 0.4) is 0 Å². The van der Waals surface area contributed by atoms with E-state index in [-0.39, 0.29) is 23.8 Å². The number of ether oxygens (including phenoxy) is 1. The van der Waals surface area contributed by atoms with Crippen LogP contribution in [0.15, 0.2) is 36.7 Å². The van der Waals surface area contributed by atoms with Crippen LogP contribution >= 0.6 is 0 Å². The fourth-order valence-electron chi connectivity index (χ4n) is 2.03. The molecule has 1 amide bonds. The second kappa shape index (κ2) is 6.16. The van der Waals surface area contributed by atoms with Crippen LogP contribution in [0.5, 0.6) is 5.75 Å². The zero-order chi connectivity index (χ0) is 17.1. The molecule has 0 radical (unpaired) electrons. The number of aromatic amines is 1. The van der Waals surface area contributed by atoms with Gasteiger partial charge in [-0.15, -0.1) is 0 Å². The minimum Gasteiger partial charge on any atom is -0.471 e. The summed E-state index contributed by atoms with van der Waals surface area (Å²) in [5.74, 6) is -0.330. The summed E-state index contributed by atoms with van der Waals surface area (Å²) in [6.45, 7) is -0.0609. The lowest BCUT2D eigenvalue weighted by atomic mass is 10.1. The summed E-state index contributed by atoms with van der Waals surface area (Å²) in [5, 5.41) is 24.5. The average Bonchev–Trinajstić information content (AvgIpc) is 3.22. The fourth-order valence-corrected chi connectivity index (χ4v) is 2.03. The van der Waals surface area contributed by atoms with E-state index in [1.54, 1.807) is 24.3 Å². The Balaban J connectivity index is 1.85. The Kier molecular flexibility index (Phi) is 3.89.